The van der Waals surface area contributed by atoms with Gasteiger partial charge in [-0.1, -0.05) is 24.3 Å². The smallest absolute Gasteiger partial charge is 0.346 e. The van der Waals surface area contributed by atoms with Gasteiger partial charge in [-0.25, -0.2) is 9.18 Å². The molecule has 0 radical (unpaired) electrons. The lowest BCUT2D eigenvalue weighted by atomic mass is 9.81. The van der Waals surface area contributed by atoms with Crippen LogP contribution >= 0.6 is 11.3 Å². The number of nitrogens with zero attached hydrogens (tertiary/aromatic N) is 2. The van der Waals surface area contributed by atoms with Crippen LogP contribution in [-0.4, -0.2) is 37.4 Å². The van der Waals surface area contributed by atoms with Gasteiger partial charge >= 0.3 is 5.97 Å². The summed E-state index contributed by atoms with van der Waals surface area (Å²) in [5, 5.41) is 20.2. The van der Waals surface area contributed by atoms with Crippen LogP contribution < -0.4 is 4.90 Å². The molecule has 7 heteroatoms. The van der Waals surface area contributed by atoms with E-state index in [2.05, 4.69) is 6.07 Å². The zero-order chi connectivity index (χ0) is 19.7. The lowest BCUT2D eigenvalue weighted by molar-refractivity contribution is 0.0701. The van der Waals surface area contributed by atoms with E-state index >= 15 is 0 Å². The van der Waals surface area contributed by atoms with Crippen LogP contribution in [0, 0.1) is 23.2 Å². The first-order valence-electron chi connectivity index (χ1n) is 9.13. The van der Waals surface area contributed by atoms with Crippen LogP contribution in [0.25, 0.3) is 0 Å². The molecular weight excluding hydrogens is 379 g/mol. The number of allylic oxidation sites excluding steroid dienone is 8. The average molecular weight is 398 g/mol. The summed E-state index contributed by atoms with van der Waals surface area (Å²) in [5.74, 6) is -1.26. The molecule has 4 rings (SSSR count). The molecule has 1 aliphatic heterocycles. The number of hydrogen-bond donors (Lipinski definition) is 1. The molecule has 3 aliphatic rings. The number of carboxylic acid groups (broad SMARTS) is 1. The van der Waals surface area contributed by atoms with Crippen LogP contribution in [0.3, 0.4) is 0 Å². The second-order valence-corrected chi connectivity index (χ2v) is 7.95. The minimum atomic E-state index is -1.03. The number of carboxylic acids is 1. The van der Waals surface area contributed by atoms with Gasteiger partial charge in [0.15, 0.2) is 0 Å². The number of halogens is 1. The second-order valence-electron chi connectivity index (χ2n) is 6.95. The average Bonchev–Trinajstić information content (AvgIpc) is 3.07. The summed E-state index contributed by atoms with van der Waals surface area (Å²) in [7, 11) is 0. The minimum Gasteiger partial charge on any atom is -0.477 e. The highest BCUT2D eigenvalue weighted by Crippen LogP contribution is 2.39. The molecule has 0 amide bonds. The van der Waals surface area contributed by atoms with Crippen molar-refractivity contribution in [2.24, 2.45) is 11.8 Å². The Kier molecular flexibility index (Phi) is 5.16. The summed E-state index contributed by atoms with van der Waals surface area (Å²) in [6.45, 7) is 2.39. The highest BCUT2D eigenvalue weighted by molar-refractivity contribution is 7.18. The lowest BCUT2D eigenvalue weighted by Crippen LogP contribution is -2.36. The van der Waals surface area contributed by atoms with E-state index in [0.717, 1.165) is 16.9 Å². The molecule has 144 valence electrons. The monoisotopic (exact) mass is 398 g/mol. The number of fused-ring (bicyclic) bond motifs is 1. The Labute approximate surface area is 166 Å². The molecule has 0 aromatic carbocycles. The number of morpholine rings is 1. The molecule has 2 atom stereocenters. The number of aromatic carboxylic acids is 1. The summed E-state index contributed by atoms with van der Waals surface area (Å²) >= 11 is 1.15. The molecule has 1 aromatic heterocycles. The van der Waals surface area contributed by atoms with Crippen molar-refractivity contribution >= 4 is 22.3 Å². The van der Waals surface area contributed by atoms with Crippen molar-refractivity contribution in [1.82, 2.24) is 0 Å². The van der Waals surface area contributed by atoms with Gasteiger partial charge in [0.1, 0.15) is 21.8 Å². The molecule has 1 saturated heterocycles. The number of carbonyl (C=O) groups is 1. The summed E-state index contributed by atoms with van der Waals surface area (Å²) < 4.78 is 19.0. The van der Waals surface area contributed by atoms with E-state index in [4.69, 9.17) is 4.74 Å². The third-order valence-electron chi connectivity index (χ3n) is 5.19. The second kappa shape index (κ2) is 7.74. The minimum absolute atomic E-state index is 0.0823. The Morgan fingerprint density at radius 3 is 2.75 bits per heavy atom. The fraction of sp³-hybridized carbons (Fsp3) is 0.333. The first-order chi connectivity index (χ1) is 13.6. The number of nitriles is 1. The Morgan fingerprint density at radius 2 is 2.04 bits per heavy atom. The van der Waals surface area contributed by atoms with Crippen molar-refractivity contribution in [3.8, 4) is 6.07 Å². The zero-order valence-corrected chi connectivity index (χ0v) is 15.9. The maximum Gasteiger partial charge on any atom is 0.346 e. The Morgan fingerprint density at radius 1 is 1.29 bits per heavy atom. The third-order valence-corrected chi connectivity index (χ3v) is 6.47. The highest BCUT2D eigenvalue weighted by Gasteiger charge is 2.28. The van der Waals surface area contributed by atoms with Gasteiger partial charge < -0.3 is 14.7 Å². The topological polar surface area (TPSA) is 73.6 Å². The van der Waals surface area contributed by atoms with Crippen LogP contribution in [0.5, 0.6) is 0 Å². The predicted octanol–water partition coefficient (Wildman–Crippen LogP) is 3.85. The number of thiophene rings is 1. The quantitative estimate of drug-likeness (QED) is 0.834. The summed E-state index contributed by atoms with van der Waals surface area (Å²) in [5.41, 5.74) is 1.85. The Balaban J connectivity index is 1.68. The van der Waals surface area contributed by atoms with Crippen molar-refractivity contribution in [3.05, 3.63) is 63.9 Å². The van der Waals surface area contributed by atoms with E-state index in [1.165, 1.54) is 6.08 Å². The predicted molar refractivity (Wildman–Crippen MR) is 105 cm³/mol. The molecule has 0 bridgehead atoms. The van der Waals surface area contributed by atoms with Gasteiger partial charge in [-0.15, -0.1) is 11.3 Å². The van der Waals surface area contributed by atoms with E-state index in [9.17, 15) is 19.6 Å². The van der Waals surface area contributed by atoms with Gasteiger partial charge in [0.2, 0.25) is 0 Å². The van der Waals surface area contributed by atoms with E-state index in [1.807, 2.05) is 29.2 Å². The van der Waals surface area contributed by atoms with Gasteiger partial charge in [-0.2, -0.15) is 5.26 Å². The van der Waals surface area contributed by atoms with Gasteiger partial charge in [-0.3, -0.25) is 0 Å². The van der Waals surface area contributed by atoms with Crippen molar-refractivity contribution in [1.29, 1.82) is 5.26 Å². The van der Waals surface area contributed by atoms with Crippen LogP contribution in [0.15, 0.2) is 47.9 Å². The van der Waals surface area contributed by atoms with E-state index < -0.39 is 5.97 Å². The number of ether oxygens (including phenoxy) is 1. The first-order valence-corrected chi connectivity index (χ1v) is 9.94. The standard InChI is InChI=1S/C21H19FN2O3S/c22-16-4-3-14-2-1-13(9-15(14)11-16)10-17-18(12-23)20(28-19(17)21(25)26)24-5-7-27-8-6-24/h1-4,9,11,14-15H,5-8,10H2,(H,25,26). The molecule has 1 N–H and O–H groups in total. The number of rotatable bonds is 4. The number of hydrogen-bond acceptors (Lipinski definition) is 5. The molecule has 0 spiro atoms. The zero-order valence-electron chi connectivity index (χ0n) is 15.1. The first kappa shape index (κ1) is 18.7. The Bertz CT molecular complexity index is 961. The summed E-state index contributed by atoms with van der Waals surface area (Å²) in [6.07, 6.45) is 11.1. The normalized spacial score (nSPS) is 23.6. The maximum atomic E-state index is 13.6. The molecule has 28 heavy (non-hydrogen) atoms. The molecular formula is C21H19FN2O3S. The lowest BCUT2D eigenvalue weighted by Gasteiger charge is -2.27. The van der Waals surface area contributed by atoms with E-state index in [1.54, 1.807) is 6.08 Å². The summed E-state index contributed by atoms with van der Waals surface area (Å²) in [6, 6.07) is 2.22. The van der Waals surface area contributed by atoms with E-state index in [-0.39, 0.29) is 22.5 Å². The maximum absolute atomic E-state index is 13.6. The van der Waals surface area contributed by atoms with Crippen LogP contribution in [0.4, 0.5) is 9.39 Å². The number of anilines is 1. The molecule has 5 nitrogen and oxygen atoms in total. The SMILES string of the molecule is N#Cc1c(N2CCOCC2)sc(C(=O)O)c1CC1=CC2C=C(F)C=CC2C=C1. The fourth-order valence-electron chi connectivity index (χ4n) is 3.79. The van der Waals surface area contributed by atoms with Crippen LogP contribution in [-0.2, 0) is 11.2 Å². The van der Waals surface area contributed by atoms with Crippen molar-refractivity contribution in [2.45, 2.75) is 6.42 Å². The molecule has 2 unspecified atom stereocenters. The largest absolute Gasteiger partial charge is 0.477 e. The molecule has 2 heterocycles. The summed E-state index contributed by atoms with van der Waals surface area (Å²) in [4.78, 5) is 14.1. The molecule has 0 saturated carbocycles. The van der Waals surface area contributed by atoms with Crippen molar-refractivity contribution in [2.75, 3.05) is 31.2 Å². The molecule has 1 aromatic rings. The fourth-order valence-corrected chi connectivity index (χ4v) is 4.95. The van der Waals surface area contributed by atoms with E-state index in [0.29, 0.717) is 48.9 Å². The Hall–Kier alpha value is -2.69. The van der Waals surface area contributed by atoms with Crippen molar-refractivity contribution < 1.29 is 19.0 Å². The highest BCUT2D eigenvalue weighted by atomic mass is 32.1. The van der Waals surface area contributed by atoms with Crippen molar-refractivity contribution in [3.63, 3.8) is 0 Å². The van der Waals surface area contributed by atoms with Gasteiger partial charge in [0, 0.05) is 36.9 Å². The van der Waals surface area contributed by atoms with Gasteiger partial charge in [0.05, 0.1) is 18.8 Å². The van der Waals surface area contributed by atoms with Crippen LogP contribution in [0.1, 0.15) is 20.8 Å². The molecule has 1 fully saturated rings. The van der Waals surface area contributed by atoms with Gasteiger partial charge in [0.25, 0.3) is 0 Å². The van der Waals surface area contributed by atoms with Crippen LogP contribution in [0.2, 0.25) is 0 Å². The third kappa shape index (κ3) is 3.53. The van der Waals surface area contributed by atoms with Gasteiger partial charge in [-0.05, 0) is 17.7 Å². The molecule has 2 aliphatic carbocycles.